The summed E-state index contributed by atoms with van der Waals surface area (Å²) in [5, 5.41) is 0. The third-order valence-corrected chi connectivity index (χ3v) is 6.82. The second-order valence-electron chi connectivity index (χ2n) is 6.71. The Morgan fingerprint density at radius 3 is 2.23 bits per heavy atom. The summed E-state index contributed by atoms with van der Waals surface area (Å²) in [4.78, 5) is 12.7. The van der Waals surface area contributed by atoms with Gasteiger partial charge >= 0.3 is 5.97 Å². The van der Waals surface area contributed by atoms with Gasteiger partial charge in [-0.05, 0) is 43.9 Å². The fraction of sp³-hybridized carbons (Fsp3) is 0.611. The molecule has 7 nitrogen and oxygen atoms in total. The van der Waals surface area contributed by atoms with Crippen molar-refractivity contribution in [2.75, 3.05) is 40.9 Å². The Balaban J connectivity index is 2.21. The minimum atomic E-state index is -3.47. The largest absolute Gasteiger partial charge is 0.497 e. The monoisotopic (exact) mass is 384 g/mol. The maximum absolute atomic E-state index is 12.7. The highest BCUT2D eigenvalue weighted by atomic mass is 32.2. The topological polar surface area (TPSA) is 76.1 Å². The molecule has 0 saturated carbocycles. The molecule has 0 atom stereocenters. The molecule has 0 unspecified atom stereocenters. The molecule has 1 saturated heterocycles. The highest BCUT2D eigenvalue weighted by Crippen LogP contribution is 2.38. The van der Waals surface area contributed by atoms with E-state index in [9.17, 15) is 13.2 Å². The van der Waals surface area contributed by atoms with Gasteiger partial charge in [-0.1, -0.05) is 12.1 Å². The van der Waals surface area contributed by atoms with Crippen molar-refractivity contribution in [3.63, 3.8) is 0 Å². The third kappa shape index (κ3) is 4.36. The summed E-state index contributed by atoms with van der Waals surface area (Å²) in [5.41, 5.74) is 0.297. The fourth-order valence-electron chi connectivity index (χ4n) is 3.25. The number of methoxy groups -OCH3 is 1. The molecule has 1 fully saturated rings. The average molecular weight is 384 g/mol. The highest BCUT2D eigenvalue weighted by molar-refractivity contribution is 7.86. The van der Waals surface area contributed by atoms with Crippen LogP contribution >= 0.6 is 0 Å². The van der Waals surface area contributed by atoms with Crippen LogP contribution in [0, 0.1) is 5.41 Å². The zero-order valence-corrected chi connectivity index (χ0v) is 16.7. The van der Waals surface area contributed by atoms with Crippen LogP contribution in [0.4, 0.5) is 0 Å². The van der Waals surface area contributed by atoms with Crippen molar-refractivity contribution in [1.82, 2.24) is 8.61 Å². The normalized spacial score (nSPS) is 17.9. The molecule has 1 aromatic rings. The Labute approximate surface area is 156 Å². The first-order valence-electron chi connectivity index (χ1n) is 8.73. The summed E-state index contributed by atoms with van der Waals surface area (Å²) in [6, 6.07) is 7.59. The number of hydrogen-bond donors (Lipinski definition) is 0. The lowest BCUT2D eigenvalue weighted by Gasteiger charge is -2.40. The molecule has 146 valence electrons. The molecule has 0 spiro atoms. The first-order valence-corrected chi connectivity index (χ1v) is 10.1. The van der Waals surface area contributed by atoms with Crippen molar-refractivity contribution < 1.29 is 22.7 Å². The van der Waals surface area contributed by atoms with E-state index in [1.807, 2.05) is 24.3 Å². The molecule has 2 rings (SSSR count). The standard InChI is InChI=1S/C18H28N2O5S/c1-5-25-17(21)18(14-15-6-8-16(24-4)9-7-15)10-12-20(13-11-18)26(22,23)19(2)3/h6-9H,5,10-14H2,1-4H3. The Morgan fingerprint density at radius 2 is 1.77 bits per heavy atom. The van der Waals surface area contributed by atoms with Crippen molar-refractivity contribution in [1.29, 1.82) is 0 Å². The number of rotatable bonds is 7. The summed E-state index contributed by atoms with van der Waals surface area (Å²) in [5.74, 6) is 0.503. The van der Waals surface area contributed by atoms with Gasteiger partial charge in [-0.25, -0.2) is 0 Å². The lowest BCUT2D eigenvalue weighted by atomic mass is 9.74. The number of benzene rings is 1. The molecule has 0 amide bonds. The predicted octanol–water partition coefficient (Wildman–Crippen LogP) is 1.69. The van der Waals surface area contributed by atoms with Gasteiger partial charge in [0, 0.05) is 27.2 Å². The zero-order valence-electron chi connectivity index (χ0n) is 15.9. The van der Waals surface area contributed by atoms with Crippen LogP contribution in [0.2, 0.25) is 0 Å². The summed E-state index contributed by atoms with van der Waals surface area (Å²) >= 11 is 0. The molecule has 8 heteroatoms. The van der Waals surface area contributed by atoms with E-state index >= 15 is 0 Å². The molecular formula is C18H28N2O5S. The van der Waals surface area contributed by atoms with Gasteiger partial charge in [0.2, 0.25) is 0 Å². The van der Waals surface area contributed by atoms with Gasteiger partial charge in [-0.3, -0.25) is 4.79 Å². The summed E-state index contributed by atoms with van der Waals surface area (Å²) in [6.45, 7) is 2.69. The second kappa shape index (κ2) is 8.37. The lowest BCUT2D eigenvalue weighted by Crippen LogP contribution is -2.50. The van der Waals surface area contributed by atoms with Crippen LogP contribution in [0.15, 0.2) is 24.3 Å². The molecule has 1 heterocycles. The van der Waals surface area contributed by atoms with E-state index in [-0.39, 0.29) is 5.97 Å². The minimum Gasteiger partial charge on any atom is -0.497 e. The van der Waals surface area contributed by atoms with E-state index in [4.69, 9.17) is 9.47 Å². The van der Waals surface area contributed by atoms with Crippen LogP contribution in [0.1, 0.15) is 25.3 Å². The van der Waals surface area contributed by atoms with Crippen LogP contribution in [-0.4, -0.2) is 63.9 Å². The van der Waals surface area contributed by atoms with E-state index in [1.165, 1.54) is 22.7 Å². The van der Waals surface area contributed by atoms with E-state index in [0.717, 1.165) is 11.3 Å². The van der Waals surface area contributed by atoms with E-state index in [2.05, 4.69) is 0 Å². The van der Waals surface area contributed by atoms with Crippen LogP contribution in [0.3, 0.4) is 0 Å². The number of carbonyl (C=O) groups excluding carboxylic acids is 1. The Morgan fingerprint density at radius 1 is 1.19 bits per heavy atom. The molecule has 0 aromatic heterocycles. The number of hydrogen-bond acceptors (Lipinski definition) is 5. The first kappa shape index (κ1) is 20.7. The Kier molecular flexibility index (Phi) is 6.65. The maximum Gasteiger partial charge on any atom is 0.312 e. The van der Waals surface area contributed by atoms with Gasteiger partial charge in [0.1, 0.15) is 5.75 Å². The molecule has 1 aliphatic heterocycles. The number of nitrogens with zero attached hydrogens (tertiary/aromatic N) is 2. The van der Waals surface area contributed by atoms with E-state index in [1.54, 1.807) is 14.0 Å². The Bertz CT molecular complexity index is 708. The molecular weight excluding hydrogens is 356 g/mol. The van der Waals surface area contributed by atoms with E-state index < -0.39 is 15.6 Å². The summed E-state index contributed by atoms with van der Waals surface area (Å²) in [7, 11) is 1.16. The molecule has 1 aliphatic rings. The third-order valence-electron chi connectivity index (χ3n) is 4.88. The van der Waals surface area contributed by atoms with Crippen molar-refractivity contribution >= 4 is 16.2 Å². The minimum absolute atomic E-state index is 0.252. The smallest absolute Gasteiger partial charge is 0.312 e. The second-order valence-corrected chi connectivity index (χ2v) is 8.86. The van der Waals surface area contributed by atoms with Crippen molar-refractivity contribution in [2.45, 2.75) is 26.2 Å². The van der Waals surface area contributed by atoms with Crippen molar-refractivity contribution in [2.24, 2.45) is 5.41 Å². The number of esters is 1. The first-order chi connectivity index (χ1) is 12.2. The molecule has 0 aliphatic carbocycles. The quantitative estimate of drug-likeness (QED) is 0.669. The maximum atomic E-state index is 12.7. The molecule has 0 radical (unpaired) electrons. The Hall–Kier alpha value is -1.64. The number of carbonyl (C=O) groups is 1. The van der Waals surface area contributed by atoms with Crippen molar-refractivity contribution in [3.05, 3.63) is 29.8 Å². The zero-order chi connectivity index (χ0) is 19.4. The highest BCUT2D eigenvalue weighted by Gasteiger charge is 2.45. The molecule has 26 heavy (non-hydrogen) atoms. The molecule has 0 N–H and O–H groups in total. The molecule has 0 bridgehead atoms. The van der Waals surface area contributed by atoms with Gasteiger partial charge in [0.25, 0.3) is 10.2 Å². The van der Waals surface area contributed by atoms with Gasteiger partial charge in [-0.15, -0.1) is 0 Å². The number of piperidine rings is 1. The van der Waals surface area contributed by atoms with Crippen LogP contribution in [-0.2, 0) is 26.2 Å². The summed E-state index contributed by atoms with van der Waals surface area (Å²) in [6.07, 6.45) is 1.39. The van der Waals surface area contributed by atoms with E-state index in [0.29, 0.717) is 39.0 Å². The number of ether oxygens (including phenoxy) is 2. The van der Waals surface area contributed by atoms with Gasteiger partial charge < -0.3 is 9.47 Å². The lowest BCUT2D eigenvalue weighted by molar-refractivity contribution is -0.158. The van der Waals surface area contributed by atoms with Gasteiger partial charge in [0.05, 0.1) is 19.1 Å². The van der Waals surface area contributed by atoms with Crippen LogP contribution in [0.25, 0.3) is 0 Å². The van der Waals surface area contributed by atoms with Crippen LogP contribution < -0.4 is 4.74 Å². The summed E-state index contributed by atoms with van der Waals surface area (Å²) < 4.78 is 37.8. The molecule has 1 aromatic carbocycles. The predicted molar refractivity (Wildman–Crippen MR) is 99.2 cm³/mol. The van der Waals surface area contributed by atoms with Crippen LogP contribution in [0.5, 0.6) is 5.75 Å². The van der Waals surface area contributed by atoms with Gasteiger partial charge in [-0.2, -0.15) is 17.0 Å². The SMILES string of the molecule is CCOC(=O)C1(Cc2ccc(OC)cc2)CCN(S(=O)(=O)N(C)C)CC1. The fourth-order valence-corrected chi connectivity index (χ4v) is 4.35. The van der Waals surface area contributed by atoms with Gasteiger partial charge in [0.15, 0.2) is 0 Å². The van der Waals surface area contributed by atoms with Crippen molar-refractivity contribution in [3.8, 4) is 5.75 Å². The average Bonchev–Trinajstić information content (AvgIpc) is 2.63.